The van der Waals surface area contributed by atoms with Gasteiger partial charge >= 0.3 is 5.97 Å². The quantitative estimate of drug-likeness (QED) is 0.780. The molecule has 122 valence electrons. The van der Waals surface area contributed by atoms with Gasteiger partial charge in [-0.3, -0.25) is 4.79 Å². The fourth-order valence-corrected chi connectivity index (χ4v) is 2.51. The van der Waals surface area contributed by atoms with E-state index in [0.29, 0.717) is 18.4 Å². The van der Waals surface area contributed by atoms with Crippen LogP contribution in [0.5, 0.6) is 0 Å². The van der Waals surface area contributed by atoms with E-state index in [-0.39, 0.29) is 11.9 Å². The molecule has 22 heavy (non-hydrogen) atoms. The van der Waals surface area contributed by atoms with Gasteiger partial charge in [0.1, 0.15) is 5.82 Å². The summed E-state index contributed by atoms with van der Waals surface area (Å²) in [7, 11) is 5.25. The van der Waals surface area contributed by atoms with E-state index in [1.807, 2.05) is 30.8 Å². The Balaban J connectivity index is 2.31. The third kappa shape index (κ3) is 3.13. The van der Waals surface area contributed by atoms with E-state index in [2.05, 4.69) is 28.8 Å². The summed E-state index contributed by atoms with van der Waals surface area (Å²) in [5.74, 6) is 2.08. The van der Waals surface area contributed by atoms with Gasteiger partial charge in [-0.1, -0.05) is 13.8 Å². The lowest BCUT2D eigenvalue weighted by atomic mass is 9.90. The highest BCUT2D eigenvalue weighted by Crippen LogP contribution is 2.33. The molecule has 7 nitrogen and oxygen atoms in total. The molecule has 1 unspecified atom stereocenters. The van der Waals surface area contributed by atoms with Gasteiger partial charge in [0.15, 0.2) is 0 Å². The number of carbonyl (C=O) groups excluding carboxylic acids is 1. The van der Waals surface area contributed by atoms with Crippen LogP contribution in [0.25, 0.3) is 0 Å². The molecule has 1 aliphatic heterocycles. The zero-order valence-electron chi connectivity index (χ0n) is 14.3. The minimum Gasteiger partial charge on any atom is -0.469 e. The van der Waals surface area contributed by atoms with E-state index in [0.717, 1.165) is 18.8 Å². The number of hydrogen-bond donors (Lipinski definition) is 0. The highest BCUT2D eigenvalue weighted by atomic mass is 16.5. The maximum atomic E-state index is 12.0. The lowest BCUT2D eigenvalue weighted by Crippen LogP contribution is -2.33. The molecule has 0 saturated carbocycles. The van der Waals surface area contributed by atoms with Gasteiger partial charge in [-0.05, 0) is 13.3 Å². The number of carbonyl (C=O) groups is 1. The van der Waals surface area contributed by atoms with Gasteiger partial charge < -0.3 is 14.5 Å². The Morgan fingerprint density at radius 1 is 1.32 bits per heavy atom. The Morgan fingerprint density at radius 2 is 2.00 bits per heavy atom. The lowest BCUT2D eigenvalue weighted by Gasteiger charge is -2.23. The summed E-state index contributed by atoms with van der Waals surface area (Å²) >= 11 is 0. The number of methoxy groups -OCH3 is 1. The molecule has 7 heteroatoms. The highest BCUT2D eigenvalue weighted by molar-refractivity contribution is 5.78. The molecule has 1 saturated heterocycles. The molecule has 0 N–H and O–H groups in total. The second-order valence-electron chi connectivity index (χ2n) is 6.57. The fourth-order valence-electron chi connectivity index (χ4n) is 2.51. The predicted molar refractivity (Wildman–Crippen MR) is 85.2 cm³/mol. The Morgan fingerprint density at radius 3 is 2.55 bits per heavy atom. The molecule has 0 aromatic carbocycles. The van der Waals surface area contributed by atoms with Gasteiger partial charge in [-0.2, -0.15) is 15.0 Å². The minimum atomic E-state index is -0.502. The second-order valence-corrected chi connectivity index (χ2v) is 6.57. The van der Waals surface area contributed by atoms with Crippen LogP contribution in [0.1, 0.15) is 38.9 Å². The Labute approximate surface area is 131 Å². The van der Waals surface area contributed by atoms with Crippen molar-refractivity contribution < 1.29 is 9.53 Å². The van der Waals surface area contributed by atoms with Gasteiger partial charge in [0, 0.05) is 33.1 Å². The van der Waals surface area contributed by atoms with Crippen LogP contribution in [-0.2, 0) is 9.53 Å². The second kappa shape index (κ2) is 6.06. The Hall–Kier alpha value is -1.92. The van der Waals surface area contributed by atoms with Crippen LogP contribution in [0.4, 0.5) is 11.9 Å². The Kier molecular flexibility index (Phi) is 4.53. The fraction of sp³-hybridized carbons (Fsp3) is 0.733. The zero-order chi connectivity index (χ0) is 16.5. The monoisotopic (exact) mass is 307 g/mol. The van der Waals surface area contributed by atoms with Crippen molar-refractivity contribution in [3.8, 4) is 0 Å². The first-order chi connectivity index (χ1) is 10.3. The van der Waals surface area contributed by atoms with Crippen LogP contribution in [0.15, 0.2) is 0 Å². The number of hydrogen-bond acceptors (Lipinski definition) is 7. The molecule has 2 rings (SSSR count). The first-order valence-electron chi connectivity index (χ1n) is 7.53. The van der Waals surface area contributed by atoms with E-state index in [9.17, 15) is 4.79 Å². The van der Waals surface area contributed by atoms with Crippen molar-refractivity contribution in [3.05, 3.63) is 5.82 Å². The molecule has 0 spiro atoms. The number of esters is 1. The molecule has 0 radical (unpaired) electrons. The van der Waals surface area contributed by atoms with Crippen molar-refractivity contribution in [1.82, 2.24) is 15.0 Å². The summed E-state index contributed by atoms with van der Waals surface area (Å²) in [6, 6.07) is 0. The summed E-state index contributed by atoms with van der Waals surface area (Å²) in [6.07, 6.45) is 0.736. The third-order valence-corrected chi connectivity index (χ3v) is 3.98. The summed E-state index contributed by atoms with van der Waals surface area (Å²) in [5.41, 5.74) is -0.502. The van der Waals surface area contributed by atoms with Crippen molar-refractivity contribution in [2.24, 2.45) is 5.41 Å². The van der Waals surface area contributed by atoms with E-state index < -0.39 is 5.41 Å². The average Bonchev–Trinajstić information content (AvgIpc) is 2.89. The molecule has 1 aromatic rings. The molecular weight excluding hydrogens is 282 g/mol. The van der Waals surface area contributed by atoms with Crippen molar-refractivity contribution >= 4 is 17.9 Å². The van der Waals surface area contributed by atoms with Crippen molar-refractivity contribution in [2.75, 3.05) is 44.1 Å². The number of ether oxygens (including phenoxy) is 1. The van der Waals surface area contributed by atoms with Gasteiger partial charge in [0.25, 0.3) is 0 Å². The summed E-state index contributed by atoms with van der Waals surface area (Å²) in [6.45, 7) is 7.34. The maximum absolute atomic E-state index is 12.0. The number of anilines is 2. The van der Waals surface area contributed by atoms with Gasteiger partial charge in [0.05, 0.1) is 12.5 Å². The van der Waals surface area contributed by atoms with E-state index >= 15 is 0 Å². The molecule has 0 bridgehead atoms. The van der Waals surface area contributed by atoms with Crippen LogP contribution in [0.2, 0.25) is 0 Å². The predicted octanol–water partition coefficient (Wildman–Crippen LogP) is 1.45. The number of nitrogens with zero attached hydrogens (tertiary/aromatic N) is 5. The van der Waals surface area contributed by atoms with Crippen molar-refractivity contribution in [3.63, 3.8) is 0 Å². The van der Waals surface area contributed by atoms with Crippen LogP contribution < -0.4 is 9.80 Å². The zero-order valence-corrected chi connectivity index (χ0v) is 14.3. The normalized spacial score (nSPS) is 21.3. The van der Waals surface area contributed by atoms with E-state index in [4.69, 9.17) is 4.74 Å². The van der Waals surface area contributed by atoms with Crippen LogP contribution in [0.3, 0.4) is 0 Å². The van der Waals surface area contributed by atoms with Gasteiger partial charge in [-0.15, -0.1) is 0 Å². The molecule has 1 aromatic heterocycles. The number of rotatable bonds is 4. The van der Waals surface area contributed by atoms with E-state index in [1.165, 1.54) is 7.11 Å². The van der Waals surface area contributed by atoms with Crippen LogP contribution >= 0.6 is 0 Å². The van der Waals surface area contributed by atoms with Crippen molar-refractivity contribution in [2.45, 2.75) is 33.1 Å². The van der Waals surface area contributed by atoms with Crippen LogP contribution in [0, 0.1) is 5.41 Å². The highest BCUT2D eigenvalue weighted by Gasteiger charge is 2.42. The molecule has 2 heterocycles. The maximum Gasteiger partial charge on any atom is 0.313 e. The number of aromatic nitrogens is 3. The van der Waals surface area contributed by atoms with Crippen molar-refractivity contribution in [1.29, 1.82) is 0 Å². The first kappa shape index (κ1) is 16.5. The molecule has 1 aliphatic rings. The molecule has 0 amide bonds. The topological polar surface area (TPSA) is 71.5 Å². The summed E-state index contributed by atoms with van der Waals surface area (Å²) < 4.78 is 4.92. The van der Waals surface area contributed by atoms with E-state index in [1.54, 1.807) is 0 Å². The molecule has 1 fully saturated rings. The minimum absolute atomic E-state index is 0.180. The van der Waals surface area contributed by atoms with Gasteiger partial charge in [-0.25, -0.2) is 0 Å². The molecule has 1 atom stereocenters. The van der Waals surface area contributed by atoms with Gasteiger partial charge in [0.2, 0.25) is 11.9 Å². The summed E-state index contributed by atoms with van der Waals surface area (Å²) in [5, 5.41) is 0. The smallest absolute Gasteiger partial charge is 0.313 e. The summed E-state index contributed by atoms with van der Waals surface area (Å²) in [4.78, 5) is 29.4. The van der Waals surface area contributed by atoms with Crippen LogP contribution in [-0.4, -0.2) is 55.2 Å². The lowest BCUT2D eigenvalue weighted by molar-refractivity contribution is -0.150. The Bertz CT molecular complexity index is 535. The molecule has 0 aliphatic carbocycles. The standard InChI is InChI=1S/C15H25N5O2/c1-10(2)11-16-13(19(4)5)18-14(17-11)20-8-7-15(3,9-20)12(21)22-6/h10H,7-9H2,1-6H3. The molecular formula is C15H25N5O2. The third-order valence-electron chi connectivity index (χ3n) is 3.98. The average molecular weight is 307 g/mol. The first-order valence-corrected chi connectivity index (χ1v) is 7.53. The largest absolute Gasteiger partial charge is 0.469 e. The SMILES string of the molecule is COC(=O)C1(C)CCN(c2nc(C(C)C)nc(N(C)C)n2)C1.